The summed E-state index contributed by atoms with van der Waals surface area (Å²) in [7, 11) is 0. The van der Waals surface area contributed by atoms with E-state index in [1.54, 1.807) is 12.1 Å². The molecular formula is C22H23ClFN5O. The maximum absolute atomic E-state index is 13.2. The van der Waals surface area contributed by atoms with Gasteiger partial charge in [-0.2, -0.15) is 4.98 Å². The standard InChI is InChI=1S/C22H23ClFN5O/c1-14-11-18(12-15(2)19(14)23)30-22-20(25)21(26-13-27-22)29-9-7-28(8-10-29)17-5-3-16(24)4-6-17/h3-6,11-13H,7-10,25H2,1-2H3. The molecule has 1 saturated heterocycles. The Morgan fingerprint density at radius 1 is 0.967 bits per heavy atom. The molecule has 0 radical (unpaired) electrons. The van der Waals surface area contributed by atoms with Gasteiger partial charge in [-0.15, -0.1) is 0 Å². The van der Waals surface area contributed by atoms with Gasteiger partial charge in [0.15, 0.2) is 5.82 Å². The van der Waals surface area contributed by atoms with Crippen LogP contribution < -0.4 is 20.3 Å². The van der Waals surface area contributed by atoms with Gasteiger partial charge in [-0.25, -0.2) is 9.37 Å². The average molecular weight is 428 g/mol. The van der Waals surface area contributed by atoms with Crippen LogP contribution in [0.1, 0.15) is 11.1 Å². The Morgan fingerprint density at radius 3 is 2.20 bits per heavy atom. The molecule has 1 aromatic heterocycles. The molecule has 3 aromatic rings. The number of benzene rings is 2. The van der Waals surface area contributed by atoms with Gasteiger partial charge in [0.25, 0.3) is 0 Å². The summed E-state index contributed by atoms with van der Waals surface area (Å²) in [5.74, 6) is 1.37. The minimum Gasteiger partial charge on any atom is -0.437 e. The number of ether oxygens (including phenoxy) is 1. The summed E-state index contributed by atoms with van der Waals surface area (Å²) in [6, 6.07) is 10.3. The molecule has 0 amide bonds. The molecule has 2 N–H and O–H groups in total. The van der Waals surface area contributed by atoms with E-state index < -0.39 is 0 Å². The second-order valence-corrected chi connectivity index (χ2v) is 7.72. The predicted molar refractivity (Wildman–Crippen MR) is 118 cm³/mol. The van der Waals surface area contributed by atoms with Crippen molar-refractivity contribution in [1.82, 2.24) is 9.97 Å². The van der Waals surface area contributed by atoms with Crippen molar-refractivity contribution in [2.24, 2.45) is 0 Å². The third kappa shape index (κ3) is 4.11. The van der Waals surface area contributed by atoms with E-state index in [2.05, 4.69) is 19.8 Å². The van der Waals surface area contributed by atoms with Crippen molar-refractivity contribution in [3.63, 3.8) is 0 Å². The number of nitrogen functional groups attached to an aromatic ring is 1. The molecule has 2 heterocycles. The van der Waals surface area contributed by atoms with Crippen molar-refractivity contribution in [1.29, 1.82) is 0 Å². The minimum atomic E-state index is -0.232. The van der Waals surface area contributed by atoms with Gasteiger partial charge >= 0.3 is 0 Å². The van der Waals surface area contributed by atoms with E-state index in [0.717, 1.165) is 48.0 Å². The molecule has 2 aromatic carbocycles. The van der Waals surface area contributed by atoms with E-state index in [1.165, 1.54) is 18.5 Å². The fraction of sp³-hybridized carbons (Fsp3) is 0.273. The molecule has 6 nitrogen and oxygen atoms in total. The van der Waals surface area contributed by atoms with Crippen LogP contribution in [0.4, 0.5) is 21.6 Å². The van der Waals surface area contributed by atoms with Crippen LogP contribution in [0.3, 0.4) is 0 Å². The molecule has 4 rings (SSSR count). The zero-order chi connectivity index (χ0) is 21.3. The highest BCUT2D eigenvalue weighted by molar-refractivity contribution is 6.32. The Bertz CT molecular complexity index is 1030. The molecule has 156 valence electrons. The van der Waals surface area contributed by atoms with E-state index in [9.17, 15) is 4.39 Å². The van der Waals surface area contributed by atoms with Gasteiger partial charge in [0.05, 0.1) is 0 Å². The topological polar surface area (TPSA) is 67.5 Å². The van der Waals surface area contributed by atoms with Gasteiger partial charge in [0.1, 0.15) is 23.6 Å². The Labute approximate surface area is 180 Å². The zero-order valence-electron chi connectivity index (χ0n) is 16.9. The quantitative estimate of drug-likeness (QED) is 0.657. The summed E-state index contributed by atoms with van der Waals surface area (Å²) < 4.78 is 19.1. The molecule has 8 heteroatoms. The van der Waals surface area contributed by atoms with Crippen LogP contribution in [0.25, 0.3) is 0 Å². The van der Waals surface area contributed by atoms with Gasteiger partial charge in [0, 0.05) is 36.9 Å². The van der Waals surface area contributed by atoms with Crippen LogP contribution in [0.5, 0.6) is 11.6 Å². The van der Waals surface area contributed by atoms with E-state index in [0.29, 0.717) is 23.1 Å². The Hall–Kier alpha value is -3.06. The number of piperazine rings is 1. The normalized spacial score (nSPS) is 14.1. The molecule has 0 bridgehead atoms. The van der Waals surface area contributed by atoms with Crippen molar-refractivity contribution in [3.05, 3.63) is 64.7 Å². The zero-order valence-corrected chi connectivity index (χ0v) is 17.7. The molecule has 0 atom stereocenters. The maximum atomic E-state index is 13.2. The SMILES string of the molecule is Cc1cc(Oc2ncnc(N3CCN(c4ccc(F)cc4)CC3)c2N)cc(C)c1Cl. The van der Waals surface area contributed by atoms with Crippen LogP contribution in [0.2, 0.25) is 5.02 Å². The van der Waals surface area contributed by atoms with E-state index in [4.69, 9.17) is 22.1 Å². The number of anilines is 3. The maximum Gasteiger partial charge on any atom is 0.248 e. The van der Waals surface area contributed by atoms with Crippen LogP contribution in [-0.4, -0.2) is 36.1 Å². The van der Waals surface area contributed by atoms with Gasteiger partial charge in [-0.05, 0) is 61.4 Å². The number of hydrogen-bond donors (Lipinski definition) is 1. The van der Waals surface area contributed by atoms with E-state index in [1.807, 2.05) is 26.0 Å². The number of nitrogens with two attached hydrogens (primary N) is 1. The third-order valence-corrected chi connectivity index (χ3v) is 5.82. The first-order valence-electron chi connectivity index (χ1n) is 9.73. The monoisotopic (exact) mass is 427 g/mol. The number of nitrogens with zero attached hydrogens (tertiary/aromatic N) is 4. The number of halogens is 2. The first-order chi connectivity index (χ1) is 14.4. The molecule has 0 saturated carbocycles. The number of hydrogen-bond acceptors (Lipinski definition) is 6. The van der Waals surface area contributed by atoms with Crippen molar-refractivity contribution in [2.45, 2.75) is 13.8 Å². The molecule has 1 aliphatic heterocycles. The molecule has 30 heavy (non-hydrogen) atoms. The second kappa shape index (κ2) is 8.36. The second-order valence-electron chi connectivity index (χ2n) is 7.34. The van der Waals surface area contributed by atoms with E-state index >= 15 is 0 Å². The van der Waals surface area contributed by atoms with Crippen molar-refractivity contribution >= 4 is 28.8 Å². The van der Waals surface area contributed by atoms with Gasteiger partial charge in [0.2, 0.25) is 5.88 Å². The lowest BCUT2D eigenvalue weighted by atomic mass is 10.1. The van der Waals surface area contributed by atoms with Crippen LogP contribution in [-0.2, 0) is 0 Å². The third-order valence-electron chi connectivity index (χ3n) is 5.22. The fourth-order valence-corrected chi connectivity index (χ4v) is 3.72. The predicted octanol–water partition coefficient (Wildman–Crippen LogP) is 4.59. The average Bonchev–Trinajstić information content (AvgIpc) is 2.74. The van der Waals surface area contributed by atoms with Crippen molar-refractivity contribution in [3.8, 4) is 11.6 Å². The highest BCUT2D eigenvalue weighted by atomic mass is 35.5. The lowest BCUT2D eigenvalue weighted by molar-refractivity contribution is 0.463. The van der Waals surface area contributed by atoms with Crippen molar-refractivity contribution in [2.75, 3.05) is 41.7 Å². The summed E-state index contributed by atoms with van der Waals surface area (Å²) in [6.07, 6.45) is 1.46. The Balaban J connectivity index is 1.49. The number of aromatic nitrogens is 2. The molecule has 1 aliphatic rings. The Morgan fingerprint density at radius 2 is 1.57 bits per heavy atom. The van der Waals surface area contributed by atoms with Crippen molar-refractivity contribution < 1.29 is 9.13 Å². The summed E-state index contributed by atoms with van der Waals surface area (Å²) >= 11 is 6.24. The van der Waals surface area contributed by atoms with Crippen LogP contribution in [0.15, 0.2) is 42.7 Å². The largest absolute Gasteiger partial charge is 0.437 e. The Kier molecular flexibility index (Phi) is 5.63. The van der Waals surface area contributed by atoms with Crippen LogP contribution >= 0.6 is 11.6 Å². The smallest absolute Gasteiger partial charge is 0.248 e. The molecule has 0 spiro atoms. The molecule has 1 fully saturated rings. The first kappa shape index (κ1) is 20.2. The summed E-state index contributed by atoms with van der Waals surface area (Å²) in [6.45, 7) is 6.88. The molecule has 0 unspecified atom stereocenters. The molecular weight excluding hydrogens is 405 g/mol. The van der Waals surface area contributed by atoms with Crippen LogP contribution in [0, 0.1) is 19.7 Å². The summed E-state index contributed by atoms with van der Waals surface area (Å²) in [5.41, 5.74) is 9.62. The number of rotatable bonds is 4. The fourth-order valence-electron chi connectivity index (χ4n) is 3.61. The minimum absolute atomic E-state index is 0.232. The van der Waals surface area contributed by atoms with Gasteiger partial charge in [-0.3, -0.25) is 0 Å². The highest BCUT2D eigenvalue weighted by Gasteiger charge is 2.22. The van der Waals surface area contributed by atoms with E-state index in [-0.39, 0.29) is 5.82 Å². The summed E-state index contributed by atoms with van der Waals surface area (Å²) in [5, 5.41) is 0.720. The lowest BCUT2D eigenvalue weighted by Gasteiger charge is -2.37. The lowest BCUT2D eigenvalue weighted by Crippen LogP contribution is -2.47. The molecule has 0 aliphatic carbocycles. The number of aryl methyl sites for hydroxylation is 2. The summed E-state index contributed by atoms with van der Waals surface area (Å²) in [4.78, 5) is 12.9. The highest BCUT2D eigenvalue weighted by Crippen LogP contribution is 2.34. The first-order valence-corrected chi connectivity index (χ1v) is 10.1. The van der Waals surface area contributed by atoms with Gasteiger partial charge in [-0.1, -0.05) is 11.6 Å². The van der Waals surface area contributed by atoms with Gasteiger partial charge < -0.3 is 20.3 Å².